The molecule has 2 fully saturated rings. The predicted octanol–water partition coefficient (Wildman–Crippen LogP) is -0.176. The number of nitrogens with zero attached hydrogens (tertiary/aromatic N) is 3. The quantitative estimate of drug-likeness (QED) is 0.836. The summed E-state index contributed by atoms with van der Waals surface area (Å²) in [5, 5.41) is 4.88. The molecule has 3 rings (SSSR count). The van der Waals surface area contributed by atoms with Crippen molar-refractivity contribution in [1.29, 1.82) is 0 Å². The summed E-state index contributed by atoms with van der Waals surface area (Å²) in [5.74, 6) is 0.158. The molecule has 0 aromatic carbocycles. The van der Waals surface area contributed by atoms with Gasteiger partial charge in [0.15, 0.2) is 0 Å². The smallest absolute Gasteiger partial charge is 0.236 e. The van der Waals surface area contributed by atoms with Gasteiger partial charge < -0.3 is 10.2 Å². The highest BCUT2D eigenvalue weighted by Gasteiger charge is 2.24. The first-order valence-electron chi connectivity index (χ1n) is 7.72. The van der Waals surface area contributed by atoms with Crippen LogP contribution in [0.2, 0.25) is 0 Å². The third-order valence-electron chi connectivity index (χ3n) is 4.16. The number of hydrogen-bond donors (Lipinski definition) is 1. The molecule has 0 radical (unpaired) electrons. The lowest BCUT2D eigenvalue weighted by Crippen LogP contribution is -2.54. The van der Waals surface area contributed by atoms with Crippen LogP contribution in [0.3, 0.4) is 0 Å². The molecule has 120 valence electrons. The zero-order valence-electron chi connectivity index (χ0n) is 12.7. The molecule has 0 spiro atoms. The van der Waals surface area contributed by atoms with Gasteiger partial charge in [-0.15, -0.1) is 11.3 Å². The molecule has 2 aliphatic heterocycles. The van der Waals surface area contributed by atoms with E-state index in [1.807, 2.05) is 9.80 Å². The molecule has 7 heteroatoms. The first-order chi connectivity index (χ1) is 10.7. The van der Waals surface area contributed by atoms with Crippen molar-refractivity contribution < 1.29 is 9.59 Å². The summed E-state index contributed by atoms with van der Waals surface area (Å²) >= 11 is 1.78. The number of carbonyl (C=O) groups is 2. The van der Waals surface area contributed by atoms with Gasteiger partial charge in [0.25, 0.3) is 0 Å². The van der Waals surface area contributed by atoms with Gasteiger partial charge in [-0.2, -0.15) is 0 Å². The van der Waals surface area contributed by atoms with Crippen molar-refractivity contribution in [1.82, 2.24) is 20.0 Å². The van der Waals surface area contributed by atoms with E-state index in [2.05, 4.69) is 27.7 Å². The van der Waals surface area contributed by atoms with Crippen molar-refractivity contribution in [3.05, 3.63) is 22.4 Å². The number of rotatable bonds is 4. The lowest BCUT2D eigenvalue weighted by Gasteiger charge is -2.36. The SMILES string of the molecule is O=C1CN(CC(=O)N2CCN(Cc3cccs3)CC2)CCN1. The number of thiophene rings is 1. The minimum atomic E-state index is 0.0137. The highest BCUT2D eigenvalue weighted by Crippen LogP contribution is 2.13. The van der Waals surface area contributed by atoms with Crippen LogP contribution in [-0.4, -0.2) is 78.9 Å². The second kappa shape index (κ2) is 7.21. The second-order valence-electron chi connectivity index (χ2n) is 5.80. The Morgan fingerprint density at radius 1 is 1.18 bits per heavy atom. The molecule has 2 aliphatic rings. The van der Waals surface area contributed by atoms with Crippen molar-refractivity contribution in [2.24, 2.45) is 0 Å². The van der Waals surface area contributed by atoms with Crippen LogP contribution in [0.5, 0.6) is 0 Å². The van der Waals surface area contributed by atoms with Crippen LogP contribution in [0.4, 0.5) is 0 Å². The summed E-state index contributed by atoms with van der Waals surface area (Å²) < 4.78 is 0. The van der Waals surface area contributed by atoms with Crippen molar-refractivity contribution >= 4 is 23.2 Å². The molecular weight excluding hydrogens is 300 g/mol. The zero-order valence-corrected chi connectivity index (χ0v) is 13.5. The van der Waals surface area contributed by atoms with Crippen LogP contribution in [0.25, 0.3) is 0 Å². The van der Waals surface area contributed by atoms with Crippen molar-refractivity contribution in [2.75, 3.05) is 52.4 Å². The summed E-state index contributed by atoms with van der Waals surface area (Å²) in [6.07, 6.45) is 0. The largest absolute Gasteiger partial charge is 0.354 e. The third kappa shape index (κ3) is 4.06. The Kier molecular flexibility index (Phi) is 5.07. The lowest BCUT2D eigenvalue weighted by molar-refractivity contribution is -0.135. The molecule has 0 saturated carbocycles. The summed E-state index contributed by atoms with van der Waals surface area (Å²) in [7, 11) is 0. The van der Waals surface area contributed by atoms with E-state index in [9.17, 15) is 9.59 Å². The van der Waals surface area contributed by atoms with Gasteiger partial charge in [0, 0.05) is 50.7 Å². The molecule has 3 heterocycles. The molecular formula is C15H22N4O2S. The van der Waals surface area contributed by atoms with E-state index in [1.54, 1.807) is 11.3 Å². The summed E-state index contributed by atoms with van der Waals surface area (Å²) in [4.78, 5) is 31.3. The highest BCUT2D eigenvalue weighted by molar-refractivity contribution is 7.09. The van der Waals surface area contributed by atoms with Crippen molar-refractivity contribution in [3.63, 3.8) is 0 Å². The number of nitrogens with one attached hydrogen (secondary N) is 1. The van der Waals surface area contributed by atoms with Gasteiger partial charge in [0.1, 0.15) is 0 Å². The van der Waals surface area contributed by atoms with E-state index in [1.165, 1.54) is 4.88 Å². The van der Waals surface area contributed by atoms with E-state index < -0.39 is 0 Å². The third-order valence-corrected chi connectivity index (χ3v) is 5.02. The monoisotopic (exact) mass is 322 g/mol. The molecule has 1 N–H and O–H groups in total. The Labute approximate surface area is 134 Å². The fraction of sp³-hybridized carbons (Fsp3) is 0.600. The lowest BCUT2D eigenvalue weighted by atomic mass is 10.2. The van der Waals surface area contributed by atoms with Crippen LogP contribution in [0.15, 0.2) is 17.5 Å². The predicted molar refractivity (Wildman–Crippen MR) is 85.6 cm³/mol. The molecule has 2 saturated heterocycles. The van der Waals surface area contributed by atoms with Crippen LogP contribution in [0, 0.1) is 0 Å². The van der Waals surface area contributed by atoms with E-state index in [-0.39, 0.29) is 11.8 Å². The average molecular weight is 322 g/mol. The van der Waals surface area contributed by atoms with Crippen molar-refractivity contribution in [3.8, 4) is 0 Å². The molecule has 0 bridgehead atoms. The Morgan fingerprint density at radius 3 is 2.68 bits per heavy atom. The van der Waals surface area contributed by atoms with Gasteiger partial charge in [-0.05, 0) is 11.4 Å². The number of piperazine rings is 2. The number of amides is 2. The molecule has 6 nitrogen and oxygen atoms in total. The number of hydrogen-bond acceptors (Lipinski definition) is 5. The molecule has 0 atom stereocenters. The molecule has 0 unspecified atom stereocenters. The summed E-state index contributed by atoms with van der Waals surface area (Å²) in [6.45, 7) is 6.48. The number of carbonyl (C=O) groups excluding carboxylic acids is 2. The minimum absolute atomic E-state index is 0.0137. The van der Waals surface area contributed by atoms with Gasteiger partial charge in [-0.25, -0.2) is 0 Å². The van der Waals surface area contributed by atoms with Gasteiger partial charge in [-0.3, -0.25) is 19.4 Å². The Balaban J connectivity index is 1.42. The van der Waals surface area contributed by atoms with Crippen LogP contribution < -0.4 is 5.32 Å². The molecule has 1 aromatic heterocycles. The fourth-order valence-electron chi connectivity index (χ4n) is 2.90. The first-order valence-corrected chi connectivity index (χ1v) is 8.60. The standard InChI is InChI=1S/C15H22N4O2S/c20-14-11-18(4-3-16-14)12-15(21)19-7-5-17(6-8-19)10-13-2-1-9-22-13/h1-2,9H,3-8,10-12H2,(H,16,20). The topological polar surface area (TPSA) is 55.9 Å². The van der Waals surface area contributed by atoms with Gasteiger partial charge >= 0.3 is 0 Å². The maximum absolute atomic E-state index is 12.3. The average Bonchev–Trinajstić information content (AvgIpc) is 3.01. The molecule has 1 aromatic rings. The van der Waals surface area contributed by atoms with E-state index in [0.717, 1.165) is 39.3 Å². The fourth-order valence-corrected chi connectivity index (χ4v) is 3.64. The van der Waals surface area contributed by atoms with Crippen LogP contribution in [-0.2, 0) is 16.1 Å². The molecule has 22 heavy (non-hydrogen) atoms. The van der Waals surface area contributed by atoms with Crippen LogP contribution in [0.1, 0.15) is 4.88 Å². The van der Waals surface area contributed by atoms with E-state index >= 15 is 0 Å². The van der Waals surface area contributed by atoms with Gasteiger partial charge in [-0.1, -0.05) is 6.07 Å². The maximum Gasteiger partial charge on any atom is 0.236 e. The maximum atomic E-state index is 12.3. The summed E-state index contributed by atoms with van der Waals surface area (Å²) in [5.41, 5.74) is 0. The minimum Gasteiger partial charge on any atom is -0.354 e. The molecule has 0 aliphatic carbocycles. The first kappa shape index (κ1) is 15.5. The van der Waals surface area contributed by atoms with Crippen LogP contribution >= 0.6 is 11.3 Å². The van der Waals surface area contributed by atoms with Crippen molar-refractivity contribution in [2.45, 2.75) is 6.54 Å². The normalized spacial score (nSPS) is 20.9. The van der Waals surface area contributed by atoms with E-state index in [4.69, 9.17) is 0 Å². The van der Waals surface area contributed by atoms with Gasteiger partial charge in [0.05, 0.1) is 13.1 Å². The van der Waals surface area contributed by atoms with E-state index in [0.29, 0.717) is 19.6 Å². The summed E-state index contributed by atoms with van der Waals surface area (Å²) in [6, 6.07) is 4.23. The highest BCUT2D eigenvalue weighted by atomic mass is 32.1. The Morgan fingerprint density at radius 2 is 2.00 bits per heavy atom. The second-order valence-corrected chi connectivity index (χ2v) is 6.83. The van der Waals surface area contributed by atoms with Gasteiger partial charge in [0.2, 0.25) is 11.8 Å². The zero-order chi connectivity index (χ0) is 15.4. The molecule has 2 amide bonds. The Hall–Kier alpha value is -1.44. The Bertz CT molecular complexity index is 512.